The summed E-state index contributed by atoms with van der Waals surface area (Å²) in [7, 11) is 0. The molecule has 33 heavy (non-hydrogen) atoms. The SMILES string of the molecule is CC(C)OC(=O)CN1C(=O)S/C(=C/c2cccc(OCc3cccc4ccccc34)c2)C1=O. The van der Waals surface area contributed by atoms with E-state index in [1.165, 1.54) is 0 Å². The molecule has 1 heterocycles. The summed E-state index contributed by atoms with van der Waals surface area (Å²) in [5.41, 5.74) is 1.80. The Kier molecular flexibility index (Phi) is 6.79. The molecule has 1 aliphatic heterocycles. The van der Waals surface area contributed by atoms with Crippen molar-refractivity contribution >= 4 is 45.7 Å². The van der Waals surface area contributed by atoms with Gasteiger partial charge in [-0.25, -0.2) is 0 Å². The smallest absolute Gasteiger partial charge is 0.326 e. The van der Waals surface area contributed by atoms with Gasteiger partial charge in [-0.3, -0.25) is 19.3 Å². The van der Waals surface area contributed by atoms with Gasteiger partial charge < -0.3 is 9.47 Å². The number of hydrogen-bond acceptors (Lipinski definition) is 6. The lowest BCUT2D eigenvalue weighted by atomic mass is 10.1. The highest BCUT2D eigenvalue weighted by molar-refractivity contribution is 8.18. The van der Waals surface area contributed by atoms with Crippen LogP contribution in [0.15, 0.2) is 71.6 Å². The van der Waals surface area contributed by atoms with Gasteiger partial charge in [0, 0.05) is 0 Å². The Labute approximate surface area is 196 Å². The maximum Gasteiger partial charge on any atom is 0.326 e. The lowest BCUT2D eigenvalue weighted by molar-refractivity contribution is -0.149. The Hall–Kier alpha value is -3.58. The fraction of sp³-hybridized carbons (Fsp3) is 0.192. The normalized spacial score (nSPS) is 15.0. The number of carbonyl (C=O) groups is 3. The van der Waals surface area contributed by atoms with Crippen LogP contribution in [-0.4, -0.2) is 34.7 Å². The van der Waals surface area contributed by atoms with Crippen LogP contribution in [0.4, 0.5) is 4.79 Å². The van der Waals surface area contributed by atoms with Crippen LogP contribution in [0.25, 0.3) is 16.8 Å². The van der Waals surface area contributed by atoms with E-state index in [2.05, 4.69) is 18.2 Å². The Morgan fingerprint density at radius 2 is 1.79 bits per heavy atom. The first-order chi connectivity index (χ1) is 15.9. The summed E-state index contributed by atoms with van der Waals surface area (Å²) in [6.07, 6.45) is 1.31. The Bertz CT molecular complexity index is 1240. The van der Waals surface area contributed by atoms with Crippen LogP contribution < -0.4 is 4.74 Å². The van der Waals surface area contributed by atoms with Crippen molar-refractivity contribution in [1.82, 2.24) is 4.90 Å². The molecule has 0 unspecified atom stereocenters. The first kappa shape index (κ1) is 22.6. The number of esters is 1. The molecule has 168 valence electrons. The van der Waals surface area contributed by atoms with Gasteiger partial charge in [0.05, 0.1) is 11.0 Å². The van der Waals surface area contributed by atoms with Crippen LogP contribution in [0, 0.1) is 0 Å². The van der Waals surface area contributed by atoms with E-state index in [1.807, 2.05) is 48.5 Å². The lowest BCUT2D eigenvalue weighted by Crippen LogP contribution is -2.35. The van der Waals surface area contributed by atoms with Crippen LogP contribution in [0.3, 0.4) is 0 Å². The van der Waals surface area contributed by atoms with Gasteiger partial charge in [-0.05, 0) is 65.7 Å². The number of ether oxygens (including phenoxy) is 2. The molecule has 0 bridgehead atoms. The molecular formula is C26H23NO5S. The summed E-state index contributed by atoms with van der Waals surface area (Å²) in [4.78, 5) is 37.9. The molecule has 0 spiro atoms. The van der Waals surface area contributed by atoms with E-state index in [1.54, 1.807) is 19.9 Å². The van der Waals surface area contributed by atoms with Crippen molar-refractivity contribution in [3.05, 3.63) is 82.8 Å². The highest BCUT2D eigenvalue weighted by Gasteiger charge is 2.36. The predicted octanol–water partition coefficient (Wildman–Crippen LogP) is 5.41. The second kappa shape index (κ2) is 9.92. The topological polar surface area (TPSA) is 72.9 Å². The molecule has 0 N–H and O–H groups in total. The minimum atomic E-state index is -0.614. The standard InChI is InChI=1S/C26H23NO5S/c1-17(2)32-24(28)15-27-25(29)23(33-26(27)30)14-18-7-5-11-21(13-18)31-16-20-10-6-9-19-8-3-4-12-22(19)20/h3-14,17H,15-16H2,1-2H3/b23-14+. The predicted molar refractivity (Wildman–Crippen MR) is 129 cm³/mol. The van der Waals surface area contributed by atoms with E-state index in [0.717, 1.165) is 38.6 Å². The summed E-state index contributed by atoms with van der Waals surface area (Å²) in [6, 6.07) is 21.6. The highest BCUT2D eigenvalue weighted by atomic mass is 32.2. The van der Waals surface area contributed by atoms with E-state index in [-0.39, 0.29) is 11.0 Å². The van der Waals surface area contributed by atoms with Crippen molar-refractivity contribution in [3.63, 3.8) is 0 Å². The molecular weight excluding hydrogens is 438 g/mol. The molecule has 0 aliphatic carbocycles. The van der Waals surface area contributed by atoms with Crippen LogP contribution in [0.1, 0.15) is 25.0 Å². The van der Waals surface area contributed by atoms with Gasteiger partial charge in [0.15, 0.2) is 0 Å². The average Bonchev–Trinajstić information content (AvgIpc) is 3.04. The molecule has 1 fully saturated rings. The van der Waals surface area contributed by atoms with E-state index in [0.29, 0.717) is 12.4 Å². The zero-order valence-corrected chi connectivity index (χ0v) is 19.1. The molecule has 0 saturated carbocycles. The first-order valence-corrected chi connectivity index (χ1v) is 11.4. The van der Waals surface area contributed by atoms with Crippen molar-refractivity contribution in [2.75, 3.05) is 6.54 Å². The van der Waals surface area contributed by atoms with E-state index < -0.39 is 23.7 Å². The van der Waals surface area contributed by atoms with Crippen molar-refractivity contribution < 1.29 is 23.9 Å². The lowest BCUT2D eigenvalue weighted by Gasteiger charge is -2.13. The van der Waals surface area contributed by atoms with Crippen molar-refractivity contribution in [2.24, 2.45) is 0 Å². The van der Waals surface area contributed by atoms with Crippen LogP contribution in [0.5, 0.6) is 5.75 Å². The third kappa shape index (κ3) is 5.43. The molecule has 7 heteroatoms. The van der Waals surface area contributed by atoms with Gasteiger partial charge in [-0.2, -0.15) is 0 Å². The molecule has 0 atom stereocenters. The fourth-order valence-electron chi connectivity index (χ4n) is 3.49. The van der Waals surface area contributed by atoms with Gasteiger partial charge in [-0.1, -0.05) is 54.6 Å². The summed E-state index contributed by atoms with van der Waals surface area (Å²) in [5, 5.41) is 1.80. The van der Waals surface area contributed by atoms with Crippen LogP contribution >= 0.6 is 11.8 Å². The number of nitrogens with zero attached hydrogens (tertiary/aromatic N) is 1. The number of carbonyl (C=O) groups excluding carboxylic acids is 3. The first-order valence-electron chi connectivity index (χ1n) is 10.5. The molecule has 0 radical (unpaired) electrons. The average molecular weight is 462 g/mol. The number of hydrogen-bond donors (Lipinski definition) is 0. The molecule has 3 aromatic carbocycles. The molecule has 1 saturated heterocycles. The third-order valence-electron chi connectivity index (χ3n) is 4.96. The molecule has 4 rings (SSSR count). The van der Waals surface area contributed by atoms with Crippen LogP contribution in [0.2, 0.25) is 0 Å². The number of fused-ring (bicyclic) bond motifs is 1. The summed E-state index contributed by atoms with van der Waals surface area (Å²) < 4.78 is 11.0. The molecule has 6 nitrogen and oxygen atoms in total. The maximum absolute atomic E-state index is 12.6. The van der Waals surface area contributed by atoms with Gasteiger partial charge in [0.1, 0.15) is 18.9 Å². The maximum atomic E-state index is 12.6. The number of amides is 2. The zero-order valence-electron chi connectivity index (χ0n) is 18.3. The number of rotatable bonds is 7. The van der Waals surface area contributed by atoms with Gasteiger partial charge in [0.25, 0.3) is 11.1 Å². The summed E-state index contributed by atoms with van der Waals surface area (Å²) in [5.74, 6) is -0.471. The largest absolute Gasteiger partial charge is 0.489 e. The Morgan fingerprint density at radius 3 is 2.61 bits per heavy atom. The summed E-state index contributed by atoms with van der Waals surface area (Å²) >= 11 is 0.805. The van der Waals surface area contributed by atoms with Gasteiger partial charge >= 0.3 is 5.97 Å². The Balaban J connectivity index is 1.46. The number of benzene rings is 3. The van der Waals surface area contributed by atoms with E-state index >= 15 is 0 Å². The minimum absolute atomic E-state index is 0.253. The monoisotopic (exact) mass is 461 g/mol. The van der Waals surface area contributed by atoms with Crippen molar-refractivity contribution in [3.8, 4) is 5.75 Å². The third-order valence-corrected chi connectivity index (χ3v) is 5.87. The van der Waals surface area contributed by atoms with Crippen molar-refractivity contribution in [2.45, 2.75) is 26.6 Å². The summed E-state index contributed by atoms with van der Waals surface area (Å²) in [6.45, 7) is 3.43. The zero-order chi connectivity index (χ0) is 23.4. The van der Waals surface area contributed by atoms with E-state index in [9.17, 15) is 14.4 Å². The number of thioether (sulfide) groups is 1. The van der Waals surface area contributed by atoms with Gasteiger partial charge in [-0.15, -0.1) is 0 Å². The minimum Gasteiger partial charge on any atom is -0.489 e. The molecule has 2 amide bonds. The van der Waals surface area contributed by atoms with Gasteiger partial charge in [0.2, 0.25) is 0 Å². The molecule has 3 aromatic rings. The fourth-order valence-corrected chi connectivity index (χ4v) is 4.33. The second-order valence-corrected chi connectivity index (χ2v) is 8.80. The van der Waals surface area contributed by atoms with Crippen LogP contribution in [-0.2, 0) is 20.9 Å². The Morgan fingerprint density at radius 1 is 1.03 bits per heavy atom. The second-order valence-electron chi connectivity index (χ2n) is 7.81. The quantitative estimate of drug-likeness (QED) is 0.346. The van der Waals surface area contributed by atoms with E-state index in [4.69, 9.17) is 9.47 Å². The number of imide groups is 1. The molecule has 1 aliphatic rings. The highest BCUT2D eigenvalue weighted by Crippen LogP contribution is 2.32. The van der Waals surface area contributed by atoms with Crippen molar-refractivity contribution in [1.29, 1.82) is 0 Å². The molecule has 0 aromatic heterocycles.